The molecule has 3 fully saturated rings. The first-order chi connectivity index (χ1) is 7.72. The van der Waals surface area contributed by atoms with Crippen molar-refractivity contribution in [3.05, 3.63) is 0 Å². The van der Waals surface area contributed by atoms with Crippen molar-refractivity contribution >= 4 is 11.8 Å². The lowest BCUT2D eigenvalue weighted by Gasteiger charge is -2.24. The first-order valence-electron chi connectivity index (χ1n) is 6.29. The van der Waals surface area contributed by atoms with E-state index in [0.717, 1.165) is 12.3 Å². The monoisotopic (exact) mass is 222 g/mol. The summed E-state index contributed by atoms with van der Waals surface area (Å²) in [6, 6.07) is 0.391. The van der Waals surface area contributed by atoms with Crippen LogP contribution in [0.15, 0.2) is 0 Å². The van der Waals surface area contributed by atoms with Gasteiger partial charge in [-0.05, 0) is 31.1 Å². The minimum Gasteiger partial charge on any atom is -0.355 e. The Morgan fingerprint density at radius 3 is 2.75 bits per heavy atom. The van der Waals surface area contributed by atoms with Gasteiger partial charge in [-0.25, -0.2) is 0 Å². The summed E-state index contributed by atoms with van der Waals surface area (Å²) in [5, 5.41) is 5.85. The van der Waals surface area contributed by atoms with E-state index >= 15 is 0 Å². The molecule has 0 spiro atoms. The minimum atomic E-state index is -0.133. The second-order valence-corrected chi connectivity index (χ2v) is 5.50. The lowest BCUT2D eigenvalue weighted by Crippen LogP contribution is -2.42. The normalized spacial score (nSPS) is 41.1. The van der Waals surface area contributed by atoms with Crippen LogP contribution >= 0.6 is 0 Å². The Kier molecular flexibility index (Phi) is 2.37. The molecule has 2 bridgehead atoms. The van der Waals surface area contributed by atoms with Crippen molar-refractivity contribution in [3.63, 3.8) is 0 Å². The van der Waals surface area contributed by atoms with Gasteiger partial charge in [0.15, 0.2) is 0 Å². The van der Waals surface area contributed by atoms with Gasteiger partial charge in [-0.1, -0.05) is 6.42 Å². The third-order valence-corrected chi connectivity index (χ3v) is 4.41. The van der Waals surface area contributed by atoms with Gasteiger partial charge in [0.1, 0.15) is 0 Å². The largest absolute Gasteiger partial charge is 0.355 e. The van der Waals surface area contributed by atoms with Gasteiger partial charge in [0, 0.05) is 19.0 Å². The maximum atomic E-state index is 11.9. The Labute approximate surface area is 95.2 Å². The van der Waals surface area contributed by atoms with Gasteiger partial charge in [-0.2, -0.15) is 0 Å². The smallest absolute Gasteiger partial charge is 0.225 e. The van der Waals surface area contributed by atoms with Crippen LogP contribution < -0.4 is 10.6 Å². The number of hydrogen-bond donors (Lipinski definition) is 2. The van der Waals surface area contributed by atoms with E-state index in [2.05, 4.69) is 10.6 Å². The molecule has 4 unspecified atom stereocenters. The fraction of sp³-hybridized carbons (Fsp3) is 0.833. The topological polar surface area (TPSA) is 58.2 Å². The second kappa shape index (κ2) is 3.75. The number of fused-ring (bicyclic) bond motifs is 2. The van der Waals surface area contributed by atoms with E-state index in [4.69, 9.17) is 0 Å². The van der Waals surface area contributed by atoms with Crippen molar-refractivity contribution in [3.8, 4) is 0 Å². The van der Waals surface area contributed by atoms with Gasteiger partial charge in [0.25, 0.3) is 0 Å². The molecule has 4 heteroatoms. The SMILES string of the molecule is O=C1CC(C(=O)NC2CC3CCC2C3)CN1. The summed E-state index contributed by atoms with van der Waals surface area (Å²) in [5.41, 5.74) is 0. The molecule has 3 rings (SSSR count). The number of carbonyl (C=O) groups excluding carboxylic acids is 2. The third kappa shape index (κ3) is 1.70. The Bertz CT molecular complexity index is 329. The number of rotatable bonds is 2. The number of nitrogens with one attached hydrogen (secondary N) is 2. The Morgan fingerprint density at radius 1 is 1.31 bits per heavy atom. The van der Waals surface area contributed by atoms with Crippen LogP contribution in [-0.2, 0) is 9.59 Å². The summed E-state index contributed by atoms with van der Waals surface area (Å²) in [5.74, 6) is 1.51. The lowest BCUT2D eigenvalue weighted by atomic mass is 9.94. The molecule has 4 atom stereocenters. The average molecular weight is 222 g/mol. The third-order valence-electron chi connectivity index (χ3n) is 4.41. The molecular weight excluding hydrogens is 204 g/mol. The quantitative estimate of drug-likeness (QED) is 0.711. The van der Waals surface area contributed by atoms with Crippen LogP contribution in [0.25, 0.3) is 0 Å². The number of amides is 2. The van der Waals surface area contributed by atoms with Crippen molar-refractivity contribution in [1.29, 1.82) is 0 Å². The van der Waals surface area contributed by atoms with Gasteiger partial charge in [0.2, 0.25) is 11.8 Å². The van der Waals surface area contributed by atoms with E-state index in [-0.39, 0.29) is 17.7 Å². The fourth-order valence-electron chi connectivity index (χ4n) is 3.51. The maximum Gasteiger partial charge on any atom is 0.225 e. The van der Waals surface area contributed by atoms with E-state index in [1.165, 1.54) is 19.3 Å². The molecular formula is C12H18N2O2. The van der Waals surface area contributed by atoms with E-state index < -0.39 is 0 Å². The molecule has 2 saturated carbocycles. The Hall–Kier alpha value is -1.06. The lowest BCUT2D eigenvalue weighted by molar-refractivity contribution is -0.127. The van der Waals surface area contributed by atoms with Gasteiger partial charge in [0.05, 0.1) is 5.92 Å². The predicted octanol–water partition coefficient (Wildman–Crippen LogP) is 0.427. The second-order valence-electron chi connectivity index (χ2n) is 5.50. The van der Waals surface area contributed by atoms with Crippen LogP contribution in [0.3, 0.4) is 0 Å². The predicted molar refractivity (Wildman–Crippen MR) is 58.5 cm³/mol. The average Bonchev–Trinajstić information content (AvgIpc) is 2.92. The van der Waals surface area contributed by atoms with Crippen LogP contribution in [0, 0.1) is 17.8 Å². The first-order valence-corrected chi connectivity index (χ1v) is 6.29. The molecule has 1 saturated heterocycles. The summed E-state index contributed by atoms with van der Waals surface area (Å²) in [6.07, 6.45) is 5.45. The van der Waals surface area contributed by atoms with Crippen molar-refractivity contribution in [2.75, 3.05) is 6.54 Å². The molecule has 16 heavy (non-hydrogen) atoms. The van der Waals surface area contributed by atoms with E-state index in [1.807, 2.05) is 0 Å². The van der Waals surface area contributed by atoms with Crippen molar-refractivity contribution in [2.45, 2.75) is 38.1 Å². The van der Waals surface area contributed by atoms with E-state index in [1.54, 1.807) is 0 Å². The van der Waals surface area contributed by atoms with Crippen LogP contribution in [0.4, 0.5) is 0 Å². The summed E-state index contributed by atoms with van der Waals surface area (Å²) in [4.78, 5) is 23.0. The standard InChI is InChI=1S/C12H18N2O2/c15-11-5-9(6-13-11)12(16)14-10-4-7-1-2-8(10)3-7/h7-10H,1-6H2,(H,13,15)(H,14,16). The summed E-state index contributed by atoms with van der Waals surface area (Å²) in [7, 11) is 0. The van der Waals surface area contributed by atoms with Gasteiger partial charge >= 0.3 is 0 Å². The summed E-state index contributed by atoms with van der Waals surface area (Å²) < 4.78 is 0. The van der Waals surface area contributed by atoms with Gasteiger partial charge in [-0.15, -0.1) is 0 Å². The van der Waals surface area contributed by atoms with Crippen molar-refractivity contribution in [1.82, 2.24) is 10.6 Å². The zero-order chi connectivity index (χ0) is 11.1. The molecule has 0 radical (unpaired) electrons. The van der Waals surface area contributed by atoms with Gasteiger partial charge < -0.3 is 10.6 Å². The Balaban J connectivity index is 1.55. The summed E-state index contributed by atoms with van der Waals surface area (Å²) in [6.45, 7) is 0.519. The molecule has 88 valence electrons. The van der Waals surface area contributed by atoms with Crippen LogP contribution in [0.5, 0.6) is 0 Å². The highest BCUT2D eigenvalue weighted by Crippen LogP contribution is 2.44. The van der Waals surface area contributed by atoms with E-state index in [0.29, 0.717) is 24.9 Å². The van der Waals surface area contributed by atoms with Crippen LogP contribution in [-0.4, -0.2) is 24.4 Å². The molecule has 0 aromatic heterocycles. The molecule has 1 aliphatic heterocycles. The first kappa shape index (κ1) is 10.1. The van der Waals surface area contributed by atoms with E-state index in [9.17, 15) is 9.59 Å². The van der Waals surface area contributed by atoms with Crippen LogP contribution in [0.2, 0.25) is 0 Å². The highest BCUT2D eigenvalue weighted by atomic mass is 16.2. The van der Waals surface area contributed by atoms with Crippen LogP contribution in [0.1, 0.15) is 32.1 Å². The molecule has 3 aliphatic rings. The maximum absolute atomic E-state index is 11.9. The fourth-order valence-corrected chi connectivity index (χ4v) is 3.51. The molecule has 2 N–H and O–H groups in total. The van der Waals surface area contributed by atoms with Crippen molar-refractivity contribution in [2.24, 2.45) is 17.8 Å². The highest BCUT2D eigenvalue weighted by molar-refractivity contribution is 5.89. The van der Waals surface area contributed by atoms with Gasteiger partial charge in [-0.3, -0.25) is 9.59 Å². The van der Waals surface area contributed by atoms with Crippen molar-refractivity contribution < 1.29 is 9.59 Å². The molecule has 2 aliphatic carbocycles. The number of carbonyl (C=O) groups is 2. The molecule has 1 heterocycles. The summed E-state index contributed by atoms with van der Waals surface area (Å²) >= 11 is 0. The molecule has 2 amide bonds. The Morgan fingerprint density at radius 2 is 2.19 bits per heavy atom. The zero-order valence-corrected chi connectivity index (χ0v) is 9.37. The molecule has 0 aromatic rings. The zero-order valence-electron chi connectivity index (χ0n) is 9.37. The number of hydrogen-bond acceptors (Lipinski definition) is 2. The highest BCUT2D eigenvalue weighted by Gasteiger charge is 2.41. The molecule has 4 nitrogen and oxygen atoms in total. The minimum absolute atomic E-state index is 0.00749. The molecule has 0 aromatic carbocycles.